The van der Waals surface area contributed by atoms with E-state index in [2.05, 4.69) is 15.5 Å². The molecule has 0 unspecified atom stereocenters. The molecular weight excluding hydrogens is 248 g/mol. The van der Waals surface area contributed by atoms with E-state index in [0.29, 0.717) is 0 Å². The fourth-order valence-electron chi connectivity index (χ4n) is 2.86. The summed E-state index contributed by atoms with van der Waals surface area (Å²) in [7, 11) is 0. The molecule has 0 amide bonds. The standard InChI is InChI=1S/C16H22N4/c1-3-7-14(8-4-1)11-17-12-15-13-18-20(19-15)16-9-5-2-6-10-16/h2,5-6,9-10,13-14,17H,1,3-4,7-8,11-12H2. The van der Waals surface area contributed by atoms with Crippen molar-refractivity contribution in [3.63, 3.8) is 0 Å². The highest BCUT2D eigenvalue weighted by Gasteiger charge is 2.12. The molecule has 1 aromatic carbocycles. The van der Waals surface area contributed by atoms with E-state index in [1.54, 1.807) is 4.80 Å². The van der Waals surface area contributed by atoms with E-state index in [0.717, 1.165) is 30.4 Å². The average Bonchev–Trinajstić information content (AvgIpc) is 2.98. The van der Waals surface area contributed by atoms with Crippen molar-refractivity contribution in [2.24, 2.45) is 5.92 Å². The van der Waals surface area contributed by atoms with E-state index >= 15 is 0 Å². The molecule has 1 aliphatic rings. The third-order valence-corrected chi connectivity index (χ3v) is 3.99. The molecule has 1 aromatic heterocycles. The molecule has 0 saturated heterocycles. The normalized spacial score (nSPS) is 16.4. The van der Waals surface area contributed by atoms with Crippen LogP contribution in [-0.4, -0.2) is 21.5 Å². The molecule has 0 aliphatic heterocycles. The lowest BCUT2D eigenvalue weighted by atomic mass is 9.89. The minimum atomic E-state index is 0.809. The summed E-state index contributed by atoms with van der Waals surface area (Å²) in [5.74, 6) is 0.855. The van der Waals surface area contributed by atoms with Gasteiger partial charge >= 0.3 is 0 Å². The van der Waals surface area contributed by atoms with Gasteiger partial charge in [0.05, 0.1) is 17.6 Å². The summed E-state index contributed by atoms with van der Waals surface area (Å²) in [6.45, 7) is 1.92. The first-order valence-electron chi connectivity index (χ1n) is 7.59. The van der Waals surface area contributed by atoms with Gasteiger partial charge in [0.1, 0.15) is 0 Å². The van der Waals surface area contributed by atoms with Gasteiger partial charge in [0, 0.05) is 6.54 Å². The Labute approximate surface area is 120 Å². The van der Waals surface area contributed by atoms with Crippen LogP contribution in [0, 0.1) is 5.92 Å². The minimum Gasteiger partial charge on any atom is -0.311 e. The maximum absolute atomic E-state index is 4.51. The fraction of sp³-hybridized carbons (Fsp3) is 0.500. The lowest BCUT2D eigenvalue weighted by molar-refractivity contribution is 0.341. The Bertz CT molecular complexity index is 514. The van der Waals surface area contributed by atoms with Crippen molar-refractivity contribution in [1.82, 2.24) is 20.3 Å². The molecule has 1 heterocycles. The Morgan fingerprint density at radius 2 is 1.90 bits per heavy atom. The lowest BCUT2D eigenvalue weighted by Gasteiger charge is -2.21. The van der Waals surface area contributed by atoms with Gasteiger partial charge < -0.3 is 5.32 Å². The van der Waals surface area contributed by atoms with E-state index in [1.807, 2.05) is 36.5 Å². The van der Waals surface area contributed by atoms with Crippen molar-refractivity contribution in [2.45, 2.75) is 38.6 Å². The number of para-hydroxylation sites is 1. The Kier molecular flexibility index (Phi) is 4.43. The number of nitrogens with one attached hydrogen (secondary N) is 1. The first-order chi connectivity index (χ1) is 9.92. The molecule has 20 heavy (non-hydrogen) atoms. The molecule has 4 heteroatoms. The number of aromatic nitrogens is 3. The minimum absolute atomic E-state index is 0.809. The summed E-state index contributed by atoms with van der Waals surface area (Å²) in [6.07, 6.45) is 8.82. The Morgan fingerprint density at radius 1 is 1.10 bits per heavy atom. The van der Waals surface area contributed by atoms with Crippen LogP contribution in [-0.2, 0) is 6.54 Å². The number of nitrogens with zero attached hydrogens (tertiary/aromatic N) is 3. The molecule has 1 saturated carbocycles. The molecule has 0 radical (unpaired) electrons. The summed E-state index contributed by atoms with van der Waals surface area (Å²) in [5, 5.41) is 12.3. The van der Waals surface area contributed by atoms with Crippen molar-refractivity contribution in [2.75, 3.05) is 6.54 Å². The monoisotopic (exact) mass is 270 g/mol. The number of hydrogen-bond donors (Lipinski definition) is 1. The highest BCUT2D eigenvalue weighted by molar-refractivity contribution is 5.28. The second kappa shape index (κ2) is 6.66. The number of benzene rings is 1. The van der Waals surface area contributed by atoms with E-state index < -0.39 is 0 Å². The molecule has 1 aliphatic carbocycles. The zero-order valence-corrected chi connectivity index (χ0v) is 11.8. The Morgan fingerprint density at radius 3 is 2.70 bits per heavy atom. The molecule has 4 nitrogen and oxygen atoms in total. The molecule has 106 valence electrons. The van der Waals surface area contributed by atoms with Crippen LogP contribution < -0.4 is 5.32 Å². The molecule has 1 N–H and O–H groups in total. The van der Waals surface area contributed by atoms with Crippen LogP contribution in [0.2, 0.25) is 0 Å². The molecule has 0 bridgehead atoms. The largest absolute Gasteiger partial charge is 0.311 e. The van der Waals surface area contributed by atoms with Crippen molar-refractivity contribution in [3.05, 3.63) is 42.2 Å². The summed E-state index contributed by atoms with van der Waals surface area (Å²) >= 11 is 0. The molecule has 0 spiro atoms. The highest BCUT2D eigenvalue weighted by Crippen LogP contribution is 2.22. The number of hydrogen-bond acceptors (Lipinski definition) is 3. The van der Waals surface area contributed by atoms with Gasteiger partial charge in [-0.3, -0.25) is 0 Å². The van der Waals surface area contributed by atoms with Gasteiger partial charge in [-0.15, -0.1) is 0 Å². The third-order valence-electron chi connectivity index (χ3n) is 3.99. The van der Waals surface area contributed by atoms with E-state index in [1.165, 1.54) is 32.1 Å². The van der Waals surface area contributed by atoms with Crippen molar-refractivity contribution in [3.8, 4) is 5.69 Å². The smallest absolute Gasteiger partial charge is 0.0969 e. The van der Waals surface area contributed by atoms with Gasteiger partial charge in [-0.1, -0.05) is 37.5 Å². The molecule has 1 fully saturated rings. The quantitative estimate of drug-likeness (QED) is 0.908. The fourth-order valence-corrected chi connectivity index (χ4v) is 2.86. The van der Waals surface area contributed by atoms with Crippen LogP contribution in [0.3, 0.4) is 0 Å². The number of rotatable bonds is 5. The van der Waals surface area contributed by atoms with Gasteiger partial charge in [-0.05, 0) is 37.4 Å². The summed E-state index contributed by atoms with van der Waals surface area (Å²) < 4.78 is 0. The Balaban J connectivity index is 1.50. The second-order valence-corrected chi connectivity index (χ2v) is 5.60. The molecule has 2 aromatic rings. The molecule has 3 rings (SSSR count). The second-order valence-electron chi connectivity index (χ2n) is 5.60. The summed E-state index contributed by atoms with van der Waals surface area (Å²) in [5.41, 5.74) is 2.01. The van der Waals surface area contributed by atoms with Crippen molar-refractivity contribution in [1.29, 1.82) is 0 Å². The van der Waals surface area contributed by atoms with Crippen LogP contribution in [0.25, 0.3) is 5.69 Å². The van der Waals surface area contributed by atoms with Crippen molar-refractivity contribution < 1.29 is 0 Å². The maximum atomic E-state index is 4.51. The van der Waals surface area contributed by atoms with Crippen LogP contribution in [0.5, 0.6) is 0 Å². The molecule has 0 atom stereocenters. The summed E-state index contributed by atoms with van der Waals surface area (Å²) in [6, 6.07) is 10.0. The first-order valence-corrected chi connectivity index (χ1v) is 7.59. The van der Waals surface area contributed by atoms with E-state index in [-0.39, 0.29) is 0 Å². The van der Waals surface area contributed by atoms with Gasteiger partial charge in [-0.25, -0.2) is 0 Å². The van der Waals surface area contributed by atoms with Gasteiger partial charge in [0.25, 0.3) is 0 Å². The summed E-state index contributed by atoms with van der Waals surface area (Å²) in [4.78, 5) is 1.69. The van der Waals surface area contributed by atoms with E-state index in [9.17, 15) is 0 Å². The zero-order chi connectivity index (χ0) is 13.6. The topological polar surface area (TPSA) is 42.7 Å². The zero-order valence-electron chi connectivity index (χ0n) is 11.8. The maximum Gasteiger partial charge on any atom is 0.0969 e. The van der Waals surface area contributed by atoms with E-state index in [4.69, 9.17) is 0 Å². The molecular formula is C16H22N4. The van der Waals surface area contributed by atoms with Crippen molar-refractivity contribution >= 4 is 0 Å². The van der Waals surface area contributed by atoms with Crippen LogP contribution >= 0.6 is 0 Å². The average molecular weight is 270 g/mol. The van der Waals surface area contributed by atoms with Crippen LogP contribution in [0.15, 0.2) is 36.5 Å². The Hall–Kier alpha value is -1.68. The van der Waals surface area contributed by atoms with Crippen LogP contribution in [0.1, 0.15) is 37.8 Å². The predicted molar refractivity (Wildman–Crippen MR) is 79.6 cm³/mol. The highest BCUT2D eigenvalue weighted by atomic mass is 15.5. The first kappa shape index (κ1) is 13.3. The third kappa shape index (κ3) is 3.45. The van der Waals surface area contributed by atoms with Crippen LogP contribution in [0.4, 0.5) is 0 Å². The van der Waals surface area contributed by atoms with Gasteiger partial charge in [0.2, 0.25) is 0 Å². The van der Waals surface area contributed by atoms with Gasteiger partial charge in [0.15, 0.2) is 0 Å². The predicted octanol–water partition coefficient (Wildman–Crippen LogP) is 2.94. The van der Waals surface area contributed by atoms with Gasteiger partial charge in [-0.2, -0.15) is 15.0 Å². The SMILES string of the molecule is c1ccc(-n2ncc(CNCC3CCCCC3)n2)cc1. The lowest BCUT2D eigenvalue weighted by Crippen LogP contribution is -2.24.